The molecule has 5 heteroatoms. The van der Waals surface area contributed by atoms with Gasteiger partial charge in [0.15, 0.2) is 0 Å². The number of halogens is 1. The van der Waals surface area contributed by atoms with Crippen LogP contribution in [0.15, 0.2) is 6.07 Å². The lowest BCUT2D eigenvalue weighted by Gasteiger charge is -2.26. The molecule has 1 aliphatic rings. The fourth-order valence-corrected chi connectivity index (χ4v) is 1.23. The minimum Gasteiger partial charge on any atom is -0.469 e. The summed E-state index contributed by atoms with van der Waals surface area (Å²) in [6.07, 6.45) is 0.116. The van der Waals surface area contributed by atoms with Crippen LogP contribution in [0.4, 0.5) is 0 Å². The molecular weight excluding hydrogens is 192 g/mol. The Kier molecular flexibility index (Phi) is 2.33. The molecule has 13 heavy (non-hydrogen) atoms. The zero-order valence-corrected chi connectivity index (χ0v) is 7.91. The molecule has 0 atom stereocenters. The van der Waals surface area contributed by atoms with E-state index in [0.29, 0.717) is 30.1 Å². The van der Waals surface area contributed by atoms with Crippen LogP contribution in [0.2, 0.25) is 5.15 Å². The van der Waals surface area contributed by atoms with Crippen LogP contribution in [0.3, 0.4) is 0 Å². The number of nitrogens with zero attached hydrogens (tertiary/aromatic N) is 2. The van der Waals surface area contributed by atoms with Crippen LogP contribution in [-0.2, 0) is 4.74 Å². The molecule has 1 saturated heterocycles. The van der Waals surface area contributed by atoms with Crippen molar-refractivity contribution in [1.82, 2.24) is 9.97 Å². The highest BCUT2D eigenvalue weighted by atomic mass is 35.5. The van der Waals surface area contributed by atoms with Crippen LogP contribution < -0.4 is 4.74 Å². The number of ether oxygens (including phenoxy) is 2. The van der Waals surface area contributed by atoms with E-state index in [4.69, 9.17) is 21.1 Å². The first kappa shape index (κ1) is 8.72. The predicted octanol–water partition coefficient (Wildman–Crippen LogP) is 1.22. The van der Waals surface area contributed by atoms with Gasteiger partial charge >= 0.3 is 0 Å². The summed E-state index contributed by atoms with van der Waals surface area (Å²) in [5.41, 5.74) is 0. The van der Waals surface area contributed by atoms with Crippen molar-refractivity contribution in [2.75, 3.05) is 13.2 Å². The Labute approximate surface area is 80.9 Å². The van der Waals surface area contributed by atoms with E-state index in [1.54, 1.807) is 13.0 Å². The van der Waals surface area contributed by atoms with Gasteiger partial charge in [0, 0.05) is 6.07 Å². The Morgan fingerprint density at radius 3 is 2.85 bits per heavy atom. The monoisotopic (exact) mass is 200 g/mol. The van der Waals surface area contributed by atoms with Gasteiger partial charge in [0.2, 0.25) is 5.88 Å². The van der Waals surface area contributed by atoms with E-state index in [9.17, 15) is 0 Å². The van der Waals surface area contributed by atoms with Crippen LogP contribution in [0.1, 0.15) is 5.82 Å². The normalized spacial score (nSPS) is 16.8. The highest BCUT2D eigenvalue weighted by Gasteiger charge is 2.20. The number of rotatable bonds is 2. The first-order valence-electron chi connectivity index (χ1n) is 3.99. The molecule has 4 nitrogen and oxygen atoms in total. The maximum Gasteiger partial charge on any atom is 0.218 e. The van der Waals surface area contributed by atoms with Crippen LogP contribution in [0.25, 0.3) is 0 Å². The van der Waals surface area contributed by atoms with E-state index in [-0.39, 0.29) is 6.10 Å². The minimum absolute atomic E-state index is 0.116. The highest BCUT2D eigenvalue weighted by molar-refractivity contribution is 6.29. The van der Waals surface area contributed by atoms with E-state index in [1.165, 1.54) is 0 Å². The van der Waals surface area contributed by atoms with Crippen molar-refractivity contribution < 1.29 is 9.47 Å². The summed E-state index contributed by atoms with van der Waals surface area (Å²) >= 11 is 5.73. The first-order chi connectivity index (χ1) is 6.24. The zero-order chi connectivity index (χ0) is 9.26. The third-order valence-corrected chi connectivity index (χ3v) is 1.87. The second-order valence-electron chi connectivity index (χ2n) is 2.85. The maximum absolute atomic E-state index is 5.73. The average molecular weight is 201 g/mol. The second kappa shape index (κ2) is 3.47. The molecule has 2 rings (SSSR count). The summed E-state index contributed by atoms with van der Waals surface area (Å²) in [4.78, 5) is 8.01. The van der Waals surface area contributed by atoms with Gasteiger partial charge < -0.3 is 9.47 Å². The molecule has 0 unspecified atom stereocenters. The first-order valence-corrected chi connectivity index (χ1v) is 4.37. The van der Waals surface area contributed by atoms with Crippen molar-refractivity contribution in [3.63, 3.8) is 0 Å². The van der Waals surface area contributed by atoms with Crippen LogP contribution >= 0.6 is 11.6 Å². The summed E-state index contributed by atoms with van der Waals surface area (Å²) in [5, 5.41) is 0.405. The molecule has 1 aromatic heterocycles. The Morgan fingerprint density at radius 2 is 2.31 bits per heavy atom. The predicted molar refractivity (Wildman–Crippen MR) is 47.0 cm³/mol. The van der Waals surface area contributed by atoms with Crippen molar-refractivity contribution in [3.05, 3.63) is 17.0 Å². The maximum atomic E-state index is 5.73. The fourth-order valence-electron chi connectivity index (χ4n) is 1.02. The summed E-state index contributed by atoms with van der Waals surface area (Å²) in [6.45, 7) is 3.03. The lowest BCUT2D eigenvalue weighted by Crippen LogP contribution is -2.38. The number of hydrogen-bond donors (Lipinski definition) is 0. The third-order valence-electron chi connectivity index (χ3n) is 1.68. The summed E-state index contributed by atoms with van der Waals surface area (Å²) < 4.78 is 10.4. The molecule has 70 valence electrons. The van der Waals surface area contributed by atoms with Gasteiger partial charge in [-0.2, -0.15) is 4.98 Å². The Balaban J connectivity index is 2.10. The van der Waals surface area contributed by atoms with E-state index in [2.05, 4.69) is 9.97 Å². The van der Waals surface area contributed by atoms with E-state index >= 15 is 0 Å². The SMILES string of the molecule is Cc1nc(Cl)cc(OC2COC2)n1. The van der Waals surface area contributed by atoms with Crippen molar-refractivity contribution in [3.8, 4) is 5.88 Å². The number of hydrogen-bond acceptors (Lipinski definition) is 4. The van der Waals surface area contributed by atoms with Crippen molar-refractivity contribution >= 4 is 11.6 Å². The van der Waals surface area contributed by atoms with Crippen molar-refractivity contribution in [2.24, 2.45) is 0 Å². The molecule has 0 radical (unpaired) electrons. The average Bonchev–Trinajstić information content (AvgIpc) is 1.95. The molecular formula is C8H9ClN2O2. The largest absolute Gasteiger partial charge is 0.469 e. The quantitative estimate of drug-likeness (QED) is 0.674. The van der Waals surface area contributed by atoms with Crippen LogP contribution in [0.5, 0.6) is 5.88 Å². The van der Waals surface area contributed by atoms with Gasteiger partial charge in [0.05, 0.1) is 13.2 Å². The molecule has 0 N–H and O–H groups in total. The minimum atomic E-state index is 0.116. The molecule has 0 amide bonds. The van der Waals surface area contributed by atoms with E-state index < -0.39 is 0 Å². The standard InChI is InChI=1S/C8H9ClN2O2/c1-5-10-7(9)2-8(11-5)13-6-3-12-4-6/h2,6H,3-4H2,1H3. The highest BCUT2D eigenvalue weighted by Crippen LogP contribution is 2.16. The molecule has 0 aromatic carbocycles. The van der Waals surface area contributed by atoms with Crippen molar-refractivity contribution in [2.45, 2.75) is 13.0 Å². The number of aromatic nitrogens is 2. The topological polar surface area (TPSA) is 44.2 Å². The fraction of sp³-hybridized carbons (Fsp3) is 0.500. The number of aryl methyl sites for hydroxylation is 1. The van der Waals surface area contributed by atoms with Crippen LogP contribution in [0, 0.1) is 6.92 Å². The van der Waals surface area contributed by atoms with Gasteiger partial charge in [-0.3, -0.25) is 0 Å². The van der Waals surface area contributed by atoms with Gasteiger partial charge in [-0.15, -0.1) is 0 Å². The molecule has 1 aromatic rings. The third kappa shape index (κ3) is 2.08. The smallest absolute Gasteiger partial charge is 0.218 e. The van der Waals surface area contributed by atoms with Gasteiger partial charge in [0.25, 0.3) is 0 Å². The molecule has 2 heterocycles. The molecule has 0 bridgehead atoms. The summed E-state index contributed by atoms with van der Waals surface area (Å²) in [7, 11) is 0. The van der Waals surface area contributed by atoms with E-state index in [1.807, 2.05) is 0 Å². The van der Waals surface area contributed by atoms with Gasteiger partial charge in [-0.05, 0) is 6.92 Å². The Morgan fingerprint density at radius 1 is 1.54 bits per heavy atom. The molecule has 1 aliphatic heterocycles. The zero-order valence-electron chi connectivity index (χ0n) is 7.16. The Bertz CT molecular complexity index is 295. The van der Waals surface area contributed by atoms with Gasteiger partial charge in [-0.1, -0.05) is 11.6 Å². The van der Waals surface area contributed by atoms with E-state index in [0.717, 1.165) is 0 Å². The summed E-state index contributed by atoms with van der Waals surface area (Å²) in [6, 6.07) is 1.60. The van der Waals surface area contributed by atoms with Gasteiger partial charge in [-0.25, -0.2) is 4.98 Å². The molecule has 0 spiro atoms. The molecule has 0 aliphatic carbocycles. The van der Waals surface area contributed by atoms with Crippen LogP contribution in [-0.4, -0.2) is 29.3 Å². The lowest BCUT2D eigenvalue weighted by atomic mass is 10.3. The molecule has 0 saturated carbocycles. The lowest BCUT2D eigenvalue weighted by molar-refractivity contribution is -0.0814. The molecule has 1 fully saturated rings. The summed E-state index contributed by atoms with van der Waals surface area (Å²) in [5.74, 6) is 1.13. The van der Waals surface area contributed by atoms with Gasteiger partial charge in [0.1, 0.15) is 17.1 Å². The second-order valence-corrected chi connectivity index (χ2v) is 3.24. The Hall–Kier alpha value is -0.870. The van der Waals surface area contributed by atoms with Crippen molar-refractivity contribution in [1.29, 1.82) is 0 Å².